The molecule has 0 atom stereocenters. The van der Waals surface area contributed by atoms with Gasteiger partial charge in [0.2, 0.25) is 0 Å². The molecule has 445 valence electrons. The standard InChI is InChI=1S/2C34H34N4O4.Co.Fe/c2*1-7-21-17(3)25-13-26-19(5)23(9-11-33(39)40)31(37-26)16-32-24(10-12-34(41)42)20(6)28(38-32)15-30-22(8-2)18(4)27(36-30)14-29(21)35-25;;/h2*7-8,13-16,35-36H,1-2,9-12H2,3-6H3,(H,39,40)(H,41,42);;. The minimum absolute atomic E-state index is 0. The van der Waals surface area contributed by atoms with Gasteiger partial charge in [-0.1, -0.05) is 50.6 Å². The number of hydrogen-bond donors (Lipinski definition) is 8. The molecule has 8 N–H and O–H groups in total. The molecule has 0 saturated heterocycles. The summed E-state index contributed by atoms with van der Waals surface area (Å²) in [6.45, 7) is 32.1. The maximum atomic E-state index is 11.5. The van der Waals surface area contributed by atoms with Crippen LogP contribution in [0.5, 0.6) is 0 Å². The van der Waals surface area contributed by atoms with Crippen molar-refractivity contribution in [2.75, 3.05) is 0 Å². The van der Waals surface area contributed by atoms with Crippen LogP contribution in [0.15, 0.2) is 74.8 Å². The molecule has 16 nitrogen and oxygen atoms in total. The zero-order valence-electron chi connectivity index (χ0n) is 49.3. The Morgan fingerprint density at radius 1 is 0.349 bits per heavy atom. The fraction of sp³-hybridized carbons (Fsp3) is 0.235. The second kappa shape index (κ2) is 26.5. The molecule has 18 heteroatoms. The van der Waals surface area contributed by atoms with Crippen molar-refractivity contribution in [3.8, 4) is 0 Å². The van der Waals surface area contributed by atoms with Crippen LogP contribution >= 0.6 is 0 Å². The molecule has 0 spiro atoms. The van der Waals surface area contributed by atoms with Gasteiger partial charge in [-0.2, -0.15) is 0 Å². The Balaban J connectivity index is 0.000000240. The molecule has 10 heterocycles. The second-order valence-electron chi connectivity index (χ2n) is 21.5. The number of nitrogens with one attached hydrogen (secondary N) is 4. The summed E-state index contributed by atoms with van der Waals surface area (Å²) < 4.78 is 0. The zero-order valence-corrected chi connectivity index (χ0v) is 51.5. The molecule has 0 saturated carbocycles. The molecule has 1 radical (unpaired) electrons. The van der Waals surface area contributed by atoms with Crippen LogP contribution in [0.4, 0.5) is 0 Å². The number of aryl methyl sites for hydroxylation is 4. The molecule has 0 unspecified atom stereocenters. The van der Waals surface area contributed by atoms with Gasteiger partial charge in [0, 0.05) is 126 Å². The third-order valence-electron chi connectivity index (χ3n) is 16.4. The van der Waals surface area contributed by atoms with Gasteiger partial charge in [-0.05, 0) is 196 Å². The molecule has 0 fully saturated rings. The van der Waals surface area contributed by atoms with Crippen molar-refractivity contribution in [1.29, 1.82) is 0 Å². The van der Waals surface area contributed by atoms with Gasteiger partial charge >= 0.3 is 23.9 Å². The largest absolute Gasteiger partial charge is 0.481 e. The third kappa shape index (κ3) is 12.8. The Hall–Kier alpha value is -8.93. The quantitative estimate of drug-likeness (QED) is 0.0421. The fourth-order valence-corrected chi connectivity index (χ4v) is 11.5. The van der Waals surface area contributed by atoms with Gasteiger partial charge in [0.15, 0.2) is 0 Å². The molecule has 6 aromatic rings. The molecule has 0 aromatic carbocycles. The van der Waals surface area contributed by atoms with Crippen LogP contribution in [0.1, 0.15) is 169 Å². The monoisotopic (exact) mass is 1240 g/mol. The van der Waals surface area contributed by atoms with Crippen molar-refractivity contribution in [2.45, 2.75) is 107 Å². The van der Waals surface area contributed by atoms with Crippen molar-refractivity contribution >= 4 is 137 Å². The molecule has 4 aliphatic heterocycles. The Bertz CT molecular complexity index is 4130. The minimum Gasteiger partial charge on any atom is -0.481 e. The van der Waals surface area contributed by atoms with Crippen LogP contribution in [0.25, 0.3) is 113 Å². The van der Waals surface area contributed by atoms with Gasteiger partial charge in [-0.3, -0.25) is 19.2 Å². The van der Waals surface area contributed by atoms with Crippen LogP contribution in [-0.2, 0) is 53.0 Å². The van der Waals surface area contributed by atoms with Crippen LogP contribution in [0.3, 0.4) is 0 Å². The maximum absolute atomic E-state index is 11.5. The summed E-state index contributed by atoms with van der Waals surface area (Å²) in [6.07, 6.45) is 8.40. The number of allylic oxidation sites excluding steroid dienone is 8. The Morgan fingerprint density at radius 2 is 0.547 bits per heavy atom. The minimum atomic E-state index is -0.889. The first-order valence-electron chi connectivity index (χ1n) is 27.7. The van der Waals surface area contributed by atoms with Crippen molar-refractivity contribution in [1.82, 2.24) is 39.9 Å². The van der Waals surface area contributed by atoms with Gasteiger partial charge in [0.1, 0.15) is 0 Å². The van der Waals surface area contributed by atoms with Crippen LogP contribution in [0, 0.1) is 27.7 Å². The molecule has 6 aromatic heterocycles. The summed E-state index contributed by atoms with van der Waals surface area (Å²) in [4.78, 5) is 80.0. The first-order chi connectivity index (χ1) is 40.0. The summed E-state index contributed by atoms with van der Waals surface area (Å²) >= 11 is 0. The fourth-order valence-electron chi connectivity index (χ4n) is 11.5. The van der Waals surface area contributed by atoms with E-state index in [9.17, 15) is 39.6 Å². The van der Waals surface area contributed by atoms with E-state index in [0.717, 1.165) is 156 Å². The van der Waals surface area contributed by atoms with Crippen LogP contribution in [-0.4, -0.2) is 84.2 Å². The van der Waals surface area contributed by atoms with Gasteiger partial charge in [-0.25, -0.2) is 19.9 Å². The number of aromatic amines is 4. The van der Waals surface area contributed by atoms with Crippen molar-refractivity contribution in [3.63, 3.8) is 0 Å². The molecule has 4 aliphatic rings. The Morgan fingerprint density at radius 3 is 0.756 bits per heavy atom. The SMILES string of the molecule is C=Cc1c(C)c2cc3[nH]c(cc4nc(cc5nc(cc1[nH]2)C(C)=C5CCC(=O)O)C(CCC(=O)O)=C4C)c(C)c3C=C.C=Cc1c(C)c2cc3[nH]c(cc4nc(cc5nc(cc1[nH]2)C(C)=C5CCC(=O)O)C(CCC(=O)O)=C4C)c(C)c3C=C.[Co].[Fe]. The molecule has 86 heavy (non-hydrogen) atoms. The van der Waals surface area contributed by atoms with Gasteiger partial charge in [0.25, 0.3) is 0 Å². The smallest absolute Gasteiger partial charge is 0.303 e. The Kier molecular flexibility index (Phi) is 19.9. The van der Waals surface area contributed by atoms with E-state index in [2.05, 4.69) is 58.4 Å². The number of aliphatic carboxylic acids is 4. The topological polar surface area (TPSA) is 264 Å². The predicted molar refractivity (Wildman–Crippen MR) is 339 cm³/mol. The van der Waals surface area contributed by atoms with Gasteiger partial charge in [-0.15, -0.1) is 0 Å². The summed E-state index contributed by atoms with van der Waals surface area (Å²) in [6, 6.07) is 15.8. The van der Waals surface area contributed by atoms with E-state index in [1.165, 1.54) is 0 Å². The van der Waals surface area contributed by atoms with Crippen molar-refractivity contribution in [3.05, 3.63) is 165 Å². The Labute approximate surface area is 518 Å². The van der Waals surface area contributed by atoms with E-state index in [4.69, 9.17) is 19.9 Å². The van der Waals surface area contributed by atoms with E-state index in [1.54, 1.807) is 0 Å². The summed E-state index contributed by atoms with van der Waals surface area (Å²) in [7, 11) is 0. The summed E-state index contributed by atoms with van der Waals surface area (Å²) in [5, 5.41) is 37.8. The van der Waals surface area contributed by atoms with E-state index >= 15 is 0 Å². The van der Waals surface area contributed by atoms with Crippen molar-refractivity contribution in [2.24, 2.45) is 0 Å². The van der Waals surface area contributed by atoms with Crippen LogP contribution in [0.2, 0.25) is 0 Å². The van der Waals surface area contributed by atoms with Crippen LogP contribution < -0.4 is 0 Å². The maximum Gasteiger partial charge on any atom is 0.303 e. The number of H-pyrrole nitrogens is 4. The first-order valence-corrected chi connectivity index (χ1v) is 27.7. The average Bonchev–Trinajstić information content (AvgIpc) is 1.78. The molecular weight excluding hydrogens is 1170 g/mol. The normalized spacial score (nSPS) is 12.7. The van der Waals surface area contributed by atoms with Gasteiger partial charge in [0.05, 0.1) is 45.6 Å². The second-order valence-corrected chi connectivity index (χ2v) is 21.5. The molecule has 16 bridgehead atoms. The summed E-state index contributed by atoms with van der Waals surface area (Å²) in [5.74, 6) is -3.55. The molecule has 10 rings (SSSR count). The number of carboxylic acid groups (broad SMARTS) is 4. The van der Waals surface area contributed by atoms with Crippen molar-refractivity contribution < 1.29 is 73.5 Å². The number of fused-ring (bicyclic) bond motifs is 16. The first kappa shape index (κ1) is 64.6. The molecular formula is C68H68CoFeN8O8. The molecule has 0 aliphatic carbocycles. The number of hydrogen-bond acceptors (Lipinski definition) is 8. The molecule has 0 amide bonds. The summed E-state index contributed by atoms with van der Waals surface area (Å²) in [5.41, 5.74) is 27.4. The number of rotatable bonds is 16. The number of nitrogens with zero attached hydrogens (tertiary/aromatic N) is 4. The van der Waals surface area contributed by atoms with Gasteiger partial charge < -0.3 is 40.4 Å². The van der Waals surface area contributed by atoms with E-state index < -0.39 is 23.9 Å². The number of carboxylic acids is 4. The zero-order chi connectivity index (χ0) is 60.6. The number of aromatic nitrogens is 8. The van der Waals surface area contributed by atoms with E-state index in [0.29, 0.717) is 48.5 Å². The number of carbonyl (C=O) groups is 4. The predicted octanol–water partition coefficient (Wildman–Crippen LogP) is 15.6. The third-order valence-corrected chi connectivity index (χ3v) is 16.4. The average molecular weight is 1240 g/mol. The van der Waals surface area contributed by atoms with E-state index in [1.807, 2.05) is 116 Å². The van der Waals surface area contributed by atoms with E-state index in [-0.39, 0.29) is 59.5 Å².